The van der Waals surface area contributed by atoms with E-state index in [1.54, 1.807) is 0 Å². The number of amides is 1. The van der Waals surface area contributed by atoms with Gasteiger partial charge in [-0.2, -0.15) is 11.8 Å². The lowest BCUT2D eigenvalue weighted by Crippen LogP contribution is -2.52. The van der Waals surface area contributed by atoms with Gasteiger partial charge in [0, 0.05) is 31.5 Å². The maximum absolute atomic E-state index is 12.8. The van der Waals surface area contributed by atoms with E-state index in [0.29, 0.717) is 17.9 Å². The van der Waals surface area contributed by atoms with E-state index in [4.69, 9.17) is 0 Å². The van der Waals surface area contributed by atoms with Gasteiger partial charge in [-0.05, 0) is 43.3 Å². The first-order valence-electron chi connectivity index (χ1n) is 8.33. The quantitative estimate of drug-likeness (QED) is 0.784. The molecule has 0 aromatic heterocycles. The van der Waals surface area contributed by atoms with Gasteiger partial charge >= 0.3 is 0 Å². The molecule has 2 atom stereocenters. The maximum atomic E-state index is 12.8. The van der Waals surface area contributed by atoms with Gasteiger partial charge < -0.3 is 15.3 Å². The summed E-state index contributed by atoms with van der Waals surface area (Å²) in [7, 11) is 0. The summed E-state index contributed by atoms with van der Waals surface area (Å²) in [5, 5.41) is 12.8. The van der Waals surface area contributed by atoms with Gasteiger partial charge in [0.2, 0.25) is 5.91 Å². The molecule has 2 saturated heterocycles. The normalized spacial score (nSPS) is 25.5. The van der Waals surface area contributed by atoms with Crippen LogP contribution in [-0.2, 0) is 4.79 Å². The van der Waals surface area contributed by atoms with E-state index in [-0.39, 0.29) is 18.6 Å². The van der Waals surface area contributed by atoms with Crippen LogP contribution in [0.25, 0.3) is 0 Å². The number of aliphatic hydroxyl groups excluding tert-OH is 1. The number of piperidine rings is 1. The summed E-state index contributed by atoms with van der Waals surface area (Å²) < 4.78 is 0. The Morgan fingerprint density at radius 3 is 2.57 bits per heavy atom. The van der Waals surface area contributed by atoms with Crippen LogP contribution in [0.2, 0.25) is 0 Å². The highest BCUT2D eigenvalue weighted by atomic mass is 32.2. The fraction of sp³-hybridized carbons (Fsp3) is 0.938. The molecule has 2 fully saturated rings. The Bertz CT molecular complexity index is 324. The van der Waals surface area contributed by atoms with Crippen molar-refractivity contribution in [1.29, 1.82) is 0 Å². The molecular formula is C16H30N2O2S. The van der Waals surface area contributed by atoms with Crippen LogP contribution in [0, 0.1) is 11.8 Å². The number of hydrogen-bond donors (Lipinski definition) is 2. The Morgan fingerprint density at radius 2 is 2.05 bits per heavy atom. The molecule has 0 aliphatic carbocycles. The number of nitrogens with zero attached hydrogens (tertiary/aromatic N) is 1. The molecule has 0 saturated carbocycles. The molecular weight excluding hydrogens is 284 g/mol. The van der Waals surface area contributed by atoms with Gasteiger partial charge in [-0.15, -0.1) is 0 Å². The maximum Gasteiger partial charge on any atom is 0.239 e. The van der Waals surface area contributed by atoms with Gasteiger partial charge in [-0.3, -0.25) is 4.79 Å². The Morgan fingerprint density at radius 1 is 1.33 bits per heavy atom. The first-order valence-corrected chi connectivity index (χ1v) is 9.49. The van der Waals surface area contributed by atoms with Crippen LogP contribution in [0.4, 0.5) is 0 Å². The largest absolute Gasteiger partial charge is 0.396 e. The van der Waals surface area contributed by atoms with Crippen molar-refractivity contribution in [2.24, 2.45) is 11.8 Å². The minimum absolute atomic E-state index is 0.0284. The van der Waals surface area contributed by atoms with Crippen molar-refractivity contribution in [2.75, 3.05) is 31.2 Å². The molecule has 2 aliphatic heterocycles. The molecule has 4 nitrogen and oxygen atoms in total. The number of carbonyl (C=O) groups excluding carboxylic acids is 1. The average Bonchev–Trinajstić information content (AvgIpc) is 2.98. The summed E-state index contributed by atoms with van der Waals surface area (Å²) in [5.74, 6) is 3.53. The Balaban J connectivity index is 1.90. The topological polar surface area (TPSA) is 52.6 Å². The zero-order valence-corrected chi connectivity index (χ0v) is 14.2. The molecule has 0 bridgehead atoms. The van der Waals surface area contributed by atoms with Crippen molar-refractivity contribution in [1.82, 2.24) is 10.2 Å². The second-order valence-corrected chi connectivity index (χ2v) is 8.01. The first kappa shape index (κ1) is 17.1. The molecule has 5 heteroatoms. The van der Waals surface area contributed by atoms with Crippen molar-refractivity contribution in [3.63, 3.8) is 0 Å². The third-order valence-corrected chi connectivity index (χ3v) is 5.72. The van der Waals surface area contributed by atoms with E-state index in [9.17, 15) is 9.90 Å². The summed E-state index contributed by atoms with van der Waals surface area (Å²) in [5.41, 5.74) is 0. The molecule has 2 rings (SSSR count). The highest BCUT2D eigenvalue weighted by Crippen LogP contribution is 2.21. The molecule has 1 amide bonds. The molecule has 0 radical (unpaired) electrons. The minimum Gasteiger partial charge on any atom is -0.396 e. The number of thioether (sulfide) groups is 1. The third kappa shape index (κ3) is 5.15. The molecule has 2 N–H and O–H groups in total. The number of likely N-dealkylation sites (tertiary alicyclic amines) is 1. The van der Waals surface area contributed by atoms with Gasteiger partial charge in [0.1, 0.15) is 0 Å². The summed E-state index contributed by atoms with van der Waals surface area (Å²) >= 11 is 1.98. The molecule has 0 aromatic rings. The Kier molecular flexibility index (Phi) is 6.83. The van der Waals surface area contributed by atoms with Crippen LogP contribution >= 0.6 is 11.8 Å². The highest BCUT2D eigenvalue weighted by molar-refractivity contribution is 7.99. The Hall–Kier alpha value is -0.260. The third-order valence-electron chi connectivity index (χ3n) is 4.56. The van der Waals surface area contributed by atoms with Gasteiger partial charge in [0.25, 0.3) is 0 Å². The summed E-state index contributed by atoms with van der Waals surface area (Å²) in [6.45, 7) is 6.24. The lowest BCUT2D eigenvalue weighted by atomic mass is 9.96. The van der Waals surface area contributed by atoms with Crippen LogP contribution in [0.15, 0.2) is 0 Å². The molecule has 2 heterocycles. The minimum atomic E-state index is -0.0284. The molecule has 0 spiro atoms. The van der Waals surface area contributed by atoms with Crippen LogP contribution in [0.5, 0.6) is 0 Å². The standard InChI is InChI=1S/C16H30N2O2S/c1-12(2)9-15(17-14-5-8-21-11-14)16(20)18-6-3-13(10-19)4-7-18/h12-15,17,19H,3-11H2,1-2H3/t14-,15-/m0/s1. The van der Waals surface area contributed by atoms with Crippen LogP contribution in [0.1, 0.15) is 39.5 Å². The highest BCUT2D eigenvalue weighted by Gasteiger charge is 2.30. The van der Waals surface area contributed by atoms with Crippen LogP contribution in [-0.4, -0.2) is 59.2 Å². The lowest BCUT2D eigenvalue weighted by Gasteiger charge is -2.35. The summed E-state index contributed by atoms with van der Waals surface area (Å²) in [6, 6.07) is 0.469. The number of rotatable bonds is 6. The van der Waals surface area contributed by atoms with Crippen molar-refractivity contribution in [3.05, 3.63) is 0 Å². The predicted octanol–water partition coefficient (Wildman–Crippen LogP) is 1.73. The zero-order valence-electron chi connectivity index (χ0n) is 13.4. The number of hydrogen-bond acceptors (Lipinski definition) is 4. The van der Waals surface area contributed by atoms with E-state index >= 15 is 0 Å². The van der Waals surface area contributed by atoms with Crippen molar-refractivity contribution in [2.45, 2.75) is 51.6 Å². The van der Waals surface area contributed by atoms with E-state index in [1.807, 2.05) is 16.7 Å². The van der Waals surface area contributed by atoms with Gasteiger partial charge in [-0.25, -0.2) is 0 Å². The monoisotopic (exact) mass is 314 g/mol. The molecule has 0 aromatic carbocycles. The molecule has 21 heavy (non-hydrogen) atoms. The second-order valence-electron chi connectivity index (χ2n) is 6.86. The first-order chi connectivity index (χ1) is 10.1. The van der Waals surface area contributed by atoms with Gasteiger partial charge in [0.05, 0.1) is 6.04 Å². The smallest absolute Gasteiger partial charge is 0.239 e. The SMILES string of the molecule is CC(C)C[C@H](N[C@H]1CCSC1)C(=O)N1CCC(CO)CC1. The van der Waals surface area contributed by atoms with E-state index in [1.165, 1.54) is 12.2 Å². The van der Waals surface area contributed by atoms with Gasteiger partial charge in [-0.1, -0.05) is 13.8 Å². The lowest BCUT2D eigenvalue weighted by molar-refractivity contribution is -0.135. The fourth-order valence-electron chi connectivity index (χ4n) is 3.22. The Labute approximate surface area is 133 Å². The molecule has 0 unspecified atom stereocenters. The molecule has 122 valence electrons. The van der Waals surface area contributed by atoms with Crippen molar-refractivity contribution < 1.29 is 9.90 Å². The van der Waals surface area contributed by atoms with Crippen molar-refractivity contribution >= 4 is 17.7 Å². The molecule has 2 aliphatic rings. The number of carbonyl (C=O) groups is 1. The van der Waals surface area contributed by atoms with E-state index in [2.05, 4.69) is 19.2 Å². The number of nitrogens with one attached hydrogen (secondary N) is 1. The second kappa shape index (κ2) is 8.39. The van der Waals surface area contributed by atoms with Gasteiger partial charge in [0.15, 0.2) is 0 Å². The summed E-state index contributed by atoms with van der Waals surface area (Å²) in [4.78, 5) is 14.8. The van der Waals surface area contributed by atoms with Crippen LogP contribution < -0.4 is 5.32 Å². The fourth-order valence-corrected chi connectivity index (χ4v) is 4.38. The predicted molar refractivity (Wildman–Crippen MR) is 88.5 cm³/mol. The van der Waals surface area contributed by atoms with E-state index < -0.39 is 0 Å². The average molecular weight is 314 g/mol. The summed E-state index contributed by atoms with van der Waals surface area (Å²) in [6.07, 6.45) is 3.98. The van der Waals surface area contributed by atoms with Crippen LogP contribution in [0.3, 0.4) is 0 Å². The van der Waals surface area contributed by atoms with E-state index in [0.717, 1.165) is 38.1 Å². The van der Waals surface area contributed by atoms with Crippen molar-refractivity contribution in [3.8, 4) is 0 Å². The zero-order chi connectivity index (χ0) is 15.2. The number of aliphatic hydroxyl groups is 1.